The molecule has 12 nitrogen and oxygen atoms in total. The molecule has 0 saturated carbocycles. The molecule has 3 amide bonds. The van der Waals surface area contributed by atoms with Crippen LogP contribution >= 0.6 is 0 Å². The fourth-order valence-electron chi connectivity index (χ4n) is 9.79. The minimum absolute atomic E-state index is 0.0142. The molecule has 1 unspecified atom stereocenters. The summed E-state index contributed by atoms with van der Waals surface area (Å²) in [7, 11) is 2.67. The average Bonchev–Trinajstić information content (AvgIpc) is 4.10. The second-order valence-corrected chi connectivity index (χ2v) is 18.8. The molecule has 3 aliphatic rings. The molecule has 6 atom stereocenters. The summed E-state index contributed by atoms with van der Waals surface area (Å²) in [5.41, 5.74) is 11.5. The number of amides is 3. The van der Waals surface area contributed by atoms with E-state index in [4.69, 9.17) is 19.5 Å². The standard InChI is InChI=1S/C52H60N6O6/c1-29(2)40(26-47(59)63-7)50(60)57-27-31(5)21-45(57)44-25-39-23-37(17-19-41(39)53-44)35-13-9-33(10-14-35)34-11-15-36(16-12-34)38-18-20-42-43(24-38)55-49(54-42)46-22-32(6)28-58(46)51(61)48(30(3)4)56-52(62)64-8/h9-20,23-24,29-32,40,45-46,48H,21-22,25-28H2,1-8H3,(H,54,55)(H,56,62)/t31-,32-,40-,45-,46-,48?/m0/s1. The number of carbonyl (C=O) groups excluding carboxylic acids is 4. The first-order valence-electron chi connectivity index (χ1n) is 22.6. The molecule has 2 saturated heterocycles. The molecule has 8 rings (SSSR count). The number of hydrogen-bond acceptors (Lipinski definition) is 8. The number of H-pyrrole nitrogens is 1. The molecule has 334 valence electrons. The molecule has 0 aliphatic carbocycles. The van der Waals surface area contributed by atoms with Crippen molar-refractivity contribution in [2.75, 3.05) is 27.3 Å². The van der Waals surface area contributed by atoms with Crippen LogP contribution in [0.5, 0.6) is 0 Å². The molecule has 5 aromatic rings. The lowest BCUT2D eigenvalue weighted by Crippen LogP contribution is -2.51. The van der Waals surface area contributed by atoms with Gasteiger partial charge in [0.25, 0.3) is 0 Å². The first-order valence-corrected chi connectivity index (χ1v) is 22.6. The minimum Gasteiger partial charge on any atom is -0.469 e. The summed E-state index contributed by atoms with van der Waals surface area (Å²) >= 11 is 0. The lowest BCUT2D eigenvalue weighted by Gasteiger charge is -2.30. The zero-order valence-electron chi connectivity index (χ0n) is 38.2. The van der Waals surface area contributed by atoms with Crippen LogP contribution in [0, 0.1) is 29.6 Å². The number of carbonyl (C=O) groups is 4. The number of rotatable bonds is 12. The molecule has 0 spiro atoms. The second-order valence-electron chi connectivity index (χ2n) is 18.8. The third-order valence-electron chi connectivity index (χ3n) is 13.4. The van der Waals surface area contributed by atoms with Crippen molar-refractivity contribution in [2.45, 2.75) is 85.4 Å². The quantitative estimate of drug-likeness (QED) is 0.119. The van der Waals surface area contributed by atoms with Crippen LogP contribution in [-0.4, -0.2) is 88.7 Å². The highest BCUT2D eigenvalue weighted by Gasteiger charge is 2.42. The summed E-state index contributed by atoms with van der Waals surface area (Å²) in [6.45, 7) is 13.4. The molecule has 3 aliphatic heterocycles. The smallest absolute Gasteiger partial charge is 0.407 e. The lowest BCUT2D eigenvalue weighted by molar-refractivity contribution is -0.148. The molecular formula is C52H60N6O6. The van der Waals surface area contributed by atoms with Gasteiger partial charge in [0.15, 0.2) is 0 Å². The van der Waals surface area contributed by atoms with E-state index in [0.717, 1.165) is 80.0 Å². The Bertz CT molecular complexity index is 2580. The Morgan fingerprint density at radius 1 is 0.703 bits per heavy atom. The van der Waals surface area contributed by atoms with Crippen molar-refractivity contribution in [1.29, 1.82) is 0 Å². The molecule has 1 aromatic heterocycles. The van der Waals surface area contributed by atoms with Gasteiger partial charge in [-0.1, -0.05) is 102 Å². The highest BCUT2D eigenvalue weighted by Crippen LogP contribution is 2.39. The Kier molecular flexibility index (Phi) is 12.8. The third kappa shape index (κ3) is 9.05. The average molecular weight is 865 g/mol. The Hall–Kier alpha value is -6.30. The van der Waals surface area contributed by atoms with Gasteiger partial charge in [0.2, 0.25) is 11.8 Å². The van der Waals surface area contributed by atoms with Crippen molar-refractivity contribution in [3.05, 3.63) is 96.3 Å². The number of nitrogens with zero attached hydrogens (tertiary/aromatic N) is 4. The predicted octanol–water partition coefficient (Wildman–Crippen LogP) is 9.55. The minimum atomic E-state index is -0.697. The topological polar surface area (TPSA) is 146 Å². The van der Waals surface area contributed by atoms with Gasteiger partial charge in [-0.2, -0.15) is 0 Å². The summed E-state index contributed by atoms with van der Waals surface area (Å²) in [4.78, 5) is 69.3. The third-order valence-corrected chi connectivity index (χ3v) is 13.4. The van der Waals surface area contributed by atoms with E-state index in [9.17, 15) is 19.2 Å². The van der Waals surface area contributed by atoms with Gasteiger partial charge in [-0.25, -0.2) is 9.78 Å². The highest BCUT2D eigenvalue weighted by molar-refractivity contribution is 6.01. The Morgan fingerprint density at radius 2 is 1.25 bits per heavy atom. The SMILES string of the molecule is COC(=O)C[C@H](C(=O)N1C[C@@H](C)C[C@H]1C1=Nc2ccc(-c3ccc(-c4ccc(-c5ccc6nc([C@@H]7C[C@H](C)CN7C(=O)C(NC(=O)OC)C(C)C)[nH]c6c5)cc4)cc3)cc2C1)C(C)C. The van der Waals surface area contributed by atoms with Crippen molar-refractivity contribution in [1.82, 2.24) is 25.1 Å². The van der Waals surface area contributed by atoms with Crippen LogP contribution in [0.4, 0.5) is 10.5 Å². The summed E-state index contributed by atoms with van der Waals surface area (Å²) < 4.78 is 9.73. The number of imidazole rings is 1. The molecular weight excluding hydrogens is 805 g/mol. The summed E-state index contributed by atoms with van der Waals surface area (Å²) in [5, 5.41) is 2.73. The van der Waals surface area contributed by atoms with Gasteiger partial charge < -0.3 is 29.6 Å². The van der Waals surface area contributed by atoms with Crippen LogP contribution in [0.3, 0.4) is 0 Å². The Morgan fingerprint density at radius 3 is 1.83 bits per heavy atom. The van der Waals surface area contributed by atoms with E-state index in [0.29, 0.717) is 25.4 Å². The van der Waals surface area contributed by atoms with Crippen molar-refractivity contribution < 1.29 is 28.7 Å². The van der Waals surface area contributed by atoms with E-state index in [1.165, 1.54) is 14.2 Å². The summed E-state index contributed by atoms with van der Waals surface area (Å²) in [5.74, 6) is 0.380. The first kappa shape index (κ1) is 44.3. The zero-order valence-corrected chi connectivity index (χ0v) is 38.2. The molecule has 0 radical (unpaired) electrons. The number of aliphatic imine (C=N–C) groups is 1. The van der Waals surface area contributed by atoms with Gasteiger partial charge in [-0.05, 0) is 99.7 Å². The first-order chi connectivity index (χ1) is 30.7. The highest BCUT2D eigenvalue weighted by atomic mass is 16.5. The van der Waals surface area contributed by atoms with Crippen molar-refractivity contribution >= 4 is 46.3 Å². The van der Waals surface area contributed by atoms with Crippen LogP contribution in [0.15, 0.2) is 89.9 Å². The maximum Gasteiger partial charge on any atom is 0.407 e. The molecule has 4 aromatic carbocycles. The van der Waals surface area contributed by atoms with E-state index in [1.807, 2.05) is 43.6 Å². The number of alkyl carbamates (subject to hydrolysis) is 1. The molecule has 4 heterocycles. The number of aromatic nitrogens is 2. The van der Waals surface area contributed by atoms with Crippen LogP contribution in [0.1, 0.15) is 78.2 Å². The molecule has 12 heteroatoms. The zero-order chi connectivity index (χ0) is 45.4. The largest absolute Gasteiger partial charge is 0.469 e. The van der Waals surface area contributed by atoms with Gasteiger partial charge in [-0.15, -0.1) is 0 Å². The van der Waals surface area contributed by atoms with Gasteiger partial charge in [0.1, 0.15) is 11.9 Å². The van der Waals surface area contributed by atoms with Crippen LogP contribution in [-0.2, 0) is 30.3 Å². The maximum atomic E-state index is 13.9. The Labute approximate surface area is 375 Å². The predicted molar refractivity (Wildman–Crippen MR) is 250 cm³/mol. The number of likely N-dealkylation sites (tertiary alicyclic amines) is 2. The number of ether oxygens (including phenoxy) is 2. The van der Waals surface area contributed by atoms with Gasteiger partial charge in [0.05, 0.1) is 55.4 Å². The molecule has 64 heavy (non-hydrogen) atoms. The van der Waals surface area contributed by atoms with Gasteiger partial charge in [-0.3, -0.25) is 19.4 Å². The van der Waals surface area contributed by atoms with Gasteiger partial charge >= 0.3 is 12.1 Å². The van der Waals surface area contributed by atoms with Crippen molar-refractivity contribution in [2.24, 2.45) is 34.6 Å². The van der Waals surface area contributed by atoms with Gasteiger partial charge in [0, 0.05) is 25.2 Å². The van der Waals surface area contributed by atoms with E-state index in [-0.39, 0.29) is 54.0 Å². The summed E-state index contributed by atoms with van der Waals surface area (Å²) in [6, 6.07) is 28.9. The number of methoxy groups -OCH3 is 2. The van der Waals surface area contributed by atoms with E-state index in [1.54, 1.807) is 0 Å². The maximum absolute atomic E-state index is 13.9. The van der Waals surface area contributed by atoms with E-state index < -0.39 is 18.1 Å². The van der Waals surface area contributed by atoms with E-state index in [2.05, 4.69) is 103 Å². The monoisotopic (exact) mass is 864 g/mol. The van der Waals surface area contributed by atoms with Crippen molar-refractivity contribution in [3.63, 3.8) is 0 Å². The fraction of sp³-hybridized carbons (Fsp3) is 0.423. The van der Waals surface area contributed by atoms with E-state index >= 15 is 0 Å². The second kappa shape index (κ2) is 18.4. The summed E-state index contributed by atoms with van der Waals surface area (Å²) in [6.07, 6.45) is 1.80. The Balaban J connectivity index is 0.930. The lowest BCUT2D eigenvalue weighted by atomic mass is 9.90. The molecule has 0 bridgehead atoms. The normalized spacial score (nSPS) is 20.4. The molecule has 2 N–H and O–H groups in total. The van der Waals surface area contributed by atoms with Crippen LogP contribution in [0.25, 0.3) is 44.4 Å². The number of fused-ring (bicyclic) bond motifs is 2. The number of hydrogen-bond donors (Lipinski definition) is 2. The fourth-order valence-corrected chi connectivity index (χ4v) is 9.79. The number of benzene rings is 4. The molecule has 2 fully saturated rings. The van der Waals surface area contributed by atoms with Crippen molar-refractivity contribution in [3.8, 4) is 33.4 Å². The van der Waals surface area contributed by atoms with Crippen LogP contribution in [0.2, 0.25) is 0 Å². The number of nitrogens with one attached hydrogen (secondary N) is 2. The number of esters is 1. The van der Waals surface area contributed by atoms with Crippen LogP contribution < -0.4 is 5.32 Å². The number of aromatic amines is 1.